The molecule has 0 aromatic heterocycles. The van der Waals surface area contributed by atoms with Crippen molar-refractivity contribution in [2.45, 2.75) is 20.8 Å². The summed E-state index contributed by atoms with van der Waals surface area (Å²) >= 11 is 0. The molecule has 0 aliphatic heterocycles. The highest BCUT2D eigenvalue weighted by Gasteiger charge is 2.10. The molecular weight excluding hydrogens is 364 g/mol. The van der Waals surface area contributed by atoms with Gasteiger partial charge in [-0.05, 0) is 56.7 Å². The van der Waals surface area contributed by atoms with E-state index in [4.69, 9.17) is 18.9 Å². The van der Waals surface area contributed by atoms with Crippen molar-refractivity contribution in [2.24, 2.45) is 0 Å². The molecule has 0 bridgehead atoms. The molecule has 0 heterocycles. The molecule has 0 atom stereocenters. The Labute approximate surface area is 164 Å². The number of esters is 2. The summed E-state index contributed by atoms with van der Waals surface area (Å²) in [5.74, 6) is 0.225. The number of phenols is 1. The number of aryl methyl sites for hydroxylation is 1. The Morgan fingerprint density at radius 3 is 1.75 bits per heavy atom. The quantitative estimate of drug-likeness (QED) is 0.751. The van der Waals surface area contributed by atoms with Gasteiger partial charge >= 0.3 is 11.9 Å². The molecule has 0 saturated heterocycles. The van der Waals surface area contributed by atoms with Crippen molar-refractivity contribution in [1.82, 2.24) is 0 Å². The SMILES string of the molecule is CCOC(=O)c1ccc(C)c(OC)c1.CCOC(=O)c1ccc(O)c(OC)c1. The average Bonchev–Trinajstić information content (AvgIpc) is 2.69. The maximum atomic E-state index is 11.3. The van der Waals surface area contributed by atoms with Crippen molar-refractivity contribution < 1.29 is 33.6 Å². The number of ether oxygens (including phenoxy) is 4. The van der Waals surface area contributed by atoms with Crippen LogP contribution in [0.1, 0.15) is 40.1 Å². The molecule has 7 nitrogen and oxygen atoms in total. The summed E-state index contributed by atoms with van der Waals surface area (Å²) < 4.78 is 19.6. The third-order valence-electron chi connectivity index (χ3n) is 3.61. The van der Waals surface area contributed by atoms with Gasteiger partial charge in [-0.25, -0.2) is 9.59 Å². The second kappa shape index (κ2) is 11.5. The maximum Gasteiger partial charge on any atom is 0.338 e. The second-order valence-electron chi connectivity index (χ2n) is 5.51. The normalized spacial score (nSPS) is 9.61. The van der Waals surface area contributed by atoms with Crippen LogP contribution in [0.4, 0.5) is 0 Å². The lowest BCUT2D eigenvalue weighted by molar-refractivity contribution is 0.0516. The van der Waals surface area contributed by atoms with Gasteiger partial charge in [-0.15, -0.1) is 0 Å². The molecule has 152 valence electrons. The number of methoxy groups -OCH3 is 2. The Morgan fingerprint density at radius 1 is 0.821 bits per heavy atom. The van der Waals surface area contributed by atoms with Crippen LogP contribution in [0, 0.1) is 6.92 Å². The lowest BCUT2D eigenvalue weighted by Crippen LogP contribution is -2.04. The Hall–Kier alpha value is -3.22. The first-order chi connectivity index (χ1) is 13.4. The number of carbonyl (C=O) groups is 2. The lowest BCUT2D eigenvalue weighted by Gasteiger charge is -2.06. The Balaban J connectivity index is 0.000000280. The molecule has 2 rings (SSSR count). The summed E-state index contributed by atoms with van der Waals surface area (Å²) in [6.45, 7) is 6.14. The Morgan fingerprint density at radius 2 is 1.29 bits per heavy atom. The molecule has 2 aromatic carbocycles. The van der Waals surface area contributed by atoms with E-state index in [1.807, 2.05) is 13.0 Å². The molecule has 0 aliphatic rings. The van der Waals surface area contributed by atoms with Gasteiger partial charge in [-0.3, -0.25) is 0 Å². The predicted octanol–water partition coefficient (Wildman–Crippen LogP) is 3.76. The van der Waals surface area contributed by atoms with E-state index in [1.165, 1.54) is 25.3 Å². The maximum absolute atomic E-state index is 11.3. The molecule has 2 aromatic rings. The number of aromatic hydroxyl groups is 1. The van der Waals surface area contributed by atoms with Crippen LogP contribution in [0.25, 0.3) is 0 Å². The van der Waals surface area contributed by atoms with E-state index >= 15 is 0 Å². The summed E-state index contributed by atoms with van der Waals surface area (Å²) in [5, 5.41) is 9.27. The third kappa shape index (κ3) is 6.50. The van der Waals surface area contributed by atoms with Crippen molar-refractivity contribution in [1.29, 1.82) is 0 Å². The molecule has 1 N–H and O–H groups in total. The summed E-state index contributed by atoms with van der Waals surface area (Å²) in [4.78, 5) is 22.6. The van der Waals surface area contributed by atoms with Crippen LogP contribution in [0.5, 0.6) is 17.2 Å². The van der Waals surface area contributed by atoms with Crippen molar-refractivity contribution >= 4 is 11.9 Å². The fourth-order valence-electron chi connectivity index (χ4n) is 2.18. The van der Waals surface area contributed by atoms with Gasteiger partial charge in [0, 0.05) is 0 Å². The number of rotatable bonds is 6. The highest BCUT2D eigenvalue weighted by atomic mass is 16.5. The largest absolute Gasteiger partial charge is 0.504 e. The molecule has 7 heteroatoms. The van der Waals surface area contributed by atoms with E-state index in [0.29, 0.717) is 30.1 Å². The van der Waals surface area contributed by atoms with Gasteiger partial charge < -0.3 is 24.1 Å². The van der Waals surface area contributed by atoms with Crippen LogP contribution < -0.4 is 9.47 Å². The molecule has 0 amide bonds. The van der Waals surface area contributed by atoms with Crippen molar-refractivity contribution in [3.8, 4) is 17.2 Å². The lowest BCUT2D eigenvalue weighted by atomic mass is 10.1. The van der Waals surface area contributed by atoms with E-state index in [-0.39, 0.29) is 17.5 Å². The van der Waals surface area contributed by atoms with Gasteiger partial charge in [-0.1, -0.05) is 6.07 Å². The Kier molecular flexibility index (Phi) is 9.36. The molecule has 28 heavy (non-hydrogen) atoms. The van der Waals surface area contributed by atoms with Gasteiger partial charge in [0.25, 0.3) is 0 Å². The first-order valence-corrected chi connectivity index (χ1v) is 8.73. The fourth-order valence-corrected chi connectivity index (χ4v) is 2.18. The first kappa shape index (κ1) is 22.8. The topological polar surface area (TPSA) is 91.3 Å². The van der Waals surface area contributed by atoms with E-state index in [0.717, 1.165) is 5.56 Å². The highest BCUT2D eigenvalue weighted by molar-refractivity contribution is 5.90. The van der Waals surface area contributed by atoms with Gasteiger partial charge in [0.15, 0.2) is 11.5 Å². The average molecular weight is 390 g/mol. The van der Waals surface area contributed by atoms with E-state index in [2.05, 4.69) is 0 Å². The molecule has 0 unspecified atom stereocenters. The zero-order valence-electron chi connectivity index (χ0n) is 16.8. The molecular formula is C21H26O7. The van der Waals surface area contributed by atoms with Crippen molar-refractivity contribution in [2.75, 3.05) is 27.4 Å². The Bertz CT molecular complexity index is 732. The minimum atomic E-state index is -0.425. The van der Waals surface area contributed by atoms with Crippen molar-refractivity contribution in [3.05, 3.63) is 53.1 Å². The van der Waals surface area contributed by atoms with Gasteiger partial charge in [0.05, 0.1) is 38.6 Å². The number of phenolic OH excluding ortho intramolecular Hbond substituents is 1. The van der Waals surface area contributed by atoms with Crippen LogP contribution >= 0.6 is 0 Å². The van der Waals surface area contributed by atoms with Crippen LogP contribution in [-0.4, -0.2) is 44.5 Å². The van der Waals surface area contributed by atoms with Gasteiger partial charge in [0.2, 0.25) is 0 Å². The van der Waals surface area contributed by atoms with Gasteiger partial charge in [-0.2, -0.15) is 0 Å². The highest BCUT2D eigenvalue weighted by Crippen LogP contribution is 2.26. The van der Waals surface area contributed by atoms with E-state index < -0.39 is 5.97 Å². The molecule has 0 spiro atoms. The number of benzene rings is 2. The zero-order valence-corrected chi connectivity index (χ0v) is 16.8. The fraction of sp³-hybridized carbons (Fsp3) is 0.333. The van der Waals surface area contributed by atoms with Crippen LogP contribution in [0.3, 0.4) is 0 Å². The van der Waals surface area contributed by atoms with Crippen LogP contribution in [-0.2, 0) is 9.47 Å². The molecule has 0 radical (unpaired) electrons. The van der Waals surface area contributed by atoms with Gasteiger partial charge in [0.1, 0.15) is 5.75 Å². The smallest absolute Gasteiger partial charge is 0.338 e. The predicted molar refractivity (Wildman–Crippen MR) is 104 cm³/mol. The monoisotopic (exact) mass is 390 g/mol. The van der Waals surface area contributed by atoms with Crippen LogP contribution in [0.2, 0.25) is 0 Å². The van der Waals surface area contributed by atoms with E-state index in [9.17, 15) is 14.7 Å². The summed E-state index contributed by atoms with van der Waals surface area (Å²) in [5.41, 5.74) is 1.89. The van der Waals surface area contributed by atoms with E-state index in [1.54, 1.807) is 33.1 Å². The molecule has 0 fully saturated rings. The van der Waals surface area contributed by atoms with Crippen LogP contribution in [0.15, 0.2) is 36.4 Å². The molecule has 0 saturated carbocycles. The minimum Gasteiger partial charge on any atom is -0.504 e. The number of carbonyl (C=O) groups excluding carboxylic acids is 2. The third-order valence-corrected chi connectivity index (χ3v) is 3.61. The summed E-state index contributed by atoms with van der Waals surface area (Å²) in [6.07, 6.45) is 0. The first-order valence-electron chi connectivity index (χ1n) is 8.73. The van der Waals surface area contributed by atoms with Crippen molar-refractivity contribution in [3.63, 3.8) is 0 Å². The number of hydrogen-bond donors (Lipinski definition) is 1. The zero-order chi connectivity index (χ0) is 21.1. The summed E-state index contributed by atoms with van der Waals surface area (Å²) in [7, 11) is 3.00. The molecule has 0 aliphatic carbocycles. The standard InChI is InChI=1S/C11H14O3.C10H12O4/c1-4-14-11(12)9-6-5-8(2)10(7-9)13-3;1-3-14-10(12)7-4-5-8(11)9(6-7)13-2/h5-7H,4H2,1-3H3;4-6,11H,3H2,1-2H3. The summed E-state index contributed by atoms with van der Waals surface area (Å²) in [6, 6.07) is 9.57. The second-order valence-corrected chi connectivity index (χ2v) is 5.51. The minimum absolute atomic E-state index is 0.000508. The number of hydrogen-bond acceptors (Lipinski definition) is 7.